The third-order valence-electron chi connectivity index (χ3n) is 3.96. The van der Waals surface area contributed by atoms with E-state index < -0.39 is 6.10 Å². The number of methoxy groups -OCH3 is 1. The molecule has 1 atom stereocenters. The zero-order valence-electron chi connectivity index (χ0n) is 14.5. The Morgan fingerprint density at radius 3 is 2.65 bits per heavy atom. The molecule has 2 aromatic rings. The summed E-state index contributed by atoms with van der Waals surface area (Å²) in [5, 5.41) is 14.9. The molecule has 0 aliphatic carbocycles. The molecule has 2 heterocycles. The highest BCUT2D eigenvalue weighted by atomic mass is 32.1. The van der Waals surface area contributed by atoms with Crippen molar-refractivity contribution in [2.24, 2.45) is 7.05 Å². The minimum absolute atomic E-state index is 0.510. The van der Waals surface area contributed by atoms with Gasteiger partial charge < -0.3 is 9.84 Å². The second-order valence-electron chi connectivity index (χ2n) is 5.82. The Morgan fingerprint density at radius 2 is 2.13 bits per heavy atom. The van der Waals surface area contributed by atoms with E-state index in [1.54, 1.807) is 25.4 Å². The van der Waals surface area contributed by atoms with Crippen molar-refractivity contribution in [2.75, 3.05) is 20.3 Å². The normalized spacial score (nSPS) is 13.0. The molecule has 7 heteroatoms. The van der Waals surface area contributed by atoms with Crippen LogP contribution in [-0.2, 0) is 24.9 Å². The highest BCUT2D eigenvalue weighted by Crippen LogP contribution is 2.22. The van der Waals surface area contributed by atoms with E-state index in [1.807, 2.05) is 17.9 Å². The van der Waals surface area contributed by atoms with E-state index in [0.717, 1.165) is 35.2 Å². The lowest BCUT2D eigenvalue weighted by Gasteiger charge is -2.21. The molecule has 2 aromatic heterocycles. The molecular formula is C16H26N4O2S. The Morgan fingerprint density at radius 1 is 1.39 bits per heavy atom. The summed E-state index contributed by atoms with van der Waals surface area (Å²) in [5.41, 5.74) is 3.53. The van der Waals surface area contributed by atoms with Gasteiger partial charge in [0.2, 0.25) is 0 Å². The van der Waals surface area contributed by atoms with Crippen LogP contribution in [0.4, 0.5) is 0 Å². The molecule has 0 bridgehead atoms. The molecule has 0 saturated carbocycles. The van der Waals surface area contributed by atoms with Gasteiger partial charge in [-0.3, -0.25) is 9.58 Å². The second kappa shape index (κ2) is 8.01. The minimum atomic E-state index is -0.510. The quantitative estimate of drug-likeness (QED) is 0.799. The highest BCUT2D eigenvalue weighted by Gasteiger charge is 2.16. The number of rotatable bonds is 8. The highest BCUT2D eigenvalue weighted by molar-refractivity contribution is 7.11. The largest absolute Gasteiger partial charge is 0.386 e. The maximum Gasteiger partial charge on any atom is 0.121 e. The average Bonchev–Trinajstić information content (AvgIpc) is 3.05. The van der Waals surface area contributed by atoms with Gasteiger partial charge in [0.15, 0.2) is 0 Å². The Labute approximate surface area is 141 Å². The summed E-state index contributed by atoms with van der Waals surface area (Å²) < 4.78 is 7.17. The first-order chi connectivity index (χ1) is 10.9. The first-order valence-electron chi connectivity index (χ1n) is 7.75. The Bertz CT molecular complexity index is 636. The fourth-order valence-corrected chi connectivity index (χ4v) is 3.41. The van der Waals surface area contributed by atoms with Crippen molar-refractivity contribution in [1.82, 2.24) is 19.7 Å². The SMILES string of the molecule is COCCN(Cc1cnc(C(C)O)s1)Cc1c(C)nn(C)c1C. The second-order valence-corrected chi connectivity index (χ2v) is 6.96. The Hall–Kier alpha value is -1.28. The lowest BCUT2D eigenvalue weighted by Crippen LogP contribution is -2.26. The molecule has 23 heavy (non-hydrogen) atoms. The monoisotopic (exact) mass is 338 g/mol. The van der Waals surface area contributed by atoms with Crippen LogP contribution in [0.3, 0.4) is 0 Å². The summed E-state index contributed by atoms with van der Waals surface area (Å²) in [6.07, 6.45) is 1.35. The summed E-state index contributed by atoms with van der Waals surface area (Å²) >= 11 is 1.56. The molecule has 6 nitrogen and oxygen atoms in total. The lowest BCUT2D eigenvalue weighted by molar-refractivity contribution is 0.140. The van der Waals surface area contributed by atoms with E-state index in [9.17, 15) is 5.11 Å². The number of aliphatic hydroxyl groups is 1. The maximum absolute atomic E-state index is 9.63. The van der Waals surface area contributed by atoms with Crippen molar-refractivity contribution in [3.63, 3.8) is 0 Å². The van der Waals surface area contributed by atoms with Crippen LogP contribution in [0.15, 0.2) is 6.20 Å². The van der Waals surface area contributed by atoms with Crippen LogP contribution in [0.2, 0.25) is 0 Å². The first kappa shape index (κ1) is 18.1. The molecule has 128 valence electrons. The summed E-state index contributed by atoms with van der Waals surface area (Å²) in [6, 6.07) is 0. The predicted molar refractivity (Wildman–Crippen MR) is 91.4 cm³/mol. The summed E-state index contributed by atoms with van der Waals surface area (Å²) in [4.78, 5) is 7.77. The smallest absolute Gasteiger partial charge is 0.121 e. The molecule has 2 rings (SSSR count). The summed E-state index contributed by atoms with van der Waals surface area (Å²) in [5.74, 6) is 0. The molecule has 0 radical (unpaired) electrons. The van der Waals surface area contributed by atoms with Crippen LogP contribution < -0.4 is 0 Å². The maximum atomic E-state index is 9.63. The lowest BCUT2D eigenvalue weighted by atomic mass is 10.2. The van der Waals surface area contributed by atoms with Gasteiger partial charge in [-0.05, 0) is 20.8 Å². The number of aromatic nitrogens is 3. The van der Waals surface area contributed by atoms with Crippen molar-refractivity contribution >= 4 is 11.3 Å². The van der Waals surface area contributed by atoms with Gasteiger partial charge in [-0.1, -0.05) is 0 Å². The number of aryl methyl sites for hydroxylation is 2. The molecule has 0 aliphatic heterocycles. The van der Waals surface area contributed by atoms with Gasteiger partial charge in [-0.2, -0.15) is 5.10 Å². The van der Waals surface area contributed by atoms with Crippen LogP contribution in [0.1, 0.15) is 39.9 Å². The van der Waals surface area contributed by atoms with Gasteiger partial charge in [-0.25, -0.2) is 4.98 Å². The van der Waals surface area contributed by atoms with Crippen LogP contribution in [-0.4, -0.2) is 45.0 Å². The van der Waals surface area contributed by atoms with Gasteiger partial charge in [0.25, 0.3) is 0 Å². The topological polar surface area (TPSA) is 63.4 Å². The van der Waals surface area contributed by atoms with Gasteiger partial charge >= 0.3 is 0 Å². The molecular weight excluding hydrogens is 312 g/mol. The van der Waals surface area contributed by atoms with E-state index in [4.69, 9.17) is 4.74 Å². The van der Waals surface area contributed by atoms with Gasteiger partial charge in [0.05, 0.1) is 12.3 Å². The van der Waals surface area contributed by atoms with Crippen molar-refractivity contribution in [2.45, 2.75) is 40.0 Å². The third-order valence-corrected chi connectivity index (χ3v) is 5.11. The molecule has 0 aliphatic rings. The zero-order chi connectivity index (χ0) is 17.0. The van der Waals surface area contributed by atoms with Crippen molar-refractivity contribution in [1.29, 1.82) is 0 Å². The van der Waals surface area contributed by atoms with E-state index in [1.165, 1.54) is 11.3 Å². The van der Waals surface area contributed by atoms with Crippen LogP contribution in [0.5, 0.6) is 0 Å². The molecule has 0 amide bonds. The molecule has 0 spiro atoms. The van der Waals surface area contributed by atoms with Crippen molar-refractivity contribution in [3.05, 3.63) is 33.0 Å². The summed E-state index contributed by atoms with van der Waals surface area (Å²) in [7, 11) is 3.69. The number of hydrogen-bond acceptors (Lipinski definition) is 6. The average molecular weight is 338 g/mol. The first-order valence-corrected chi connectivity index (χ1v) is 8.57. The molecule has 0 saturated heterocycles. The third kappa shape index (κ3) is 4.60. The number of ether oxygens (including phenoxy) is 1. The van der Waals surface area contributed by atoms with Crippen LogP contribution in [0.25, 0.3) is 0 Å². The van der Waals surface area contributed by atoms with Crippen LogP contribution in [0, 0.1) is 13.8 Å². The molecule has 1 unspecified atom stereocenters. The van der Waals surface area contributed by atoms with Crippen molar-refractivity contribution < 1.29 is 9.84 Å². The minimum Gasteiger partial charge on any atom is -0.386 e. The standard InChI is InChI=1S/C16H26N4O2S/c1-11-15(12(2)19(4)18-11)10-20(6-7-22-5)9-14-8-17-16(23-14)13(3)21/h8,13,21H,6-7,9-10H2,1-5H3. The number of nitrogens with zero attached hydrogens (tertiary/aromatic N) is 4. The van der Waals surface area contributed by atoms with Crippen LogP contribution >= 0.6 is 11.3 Å². The predicted octanol–water partition coefficient (Wildman–Crippen LogP) is 2.20. The Kier molecular flexibility index (Phi) is 6.29. The molecule has 1 N–H and O–H groups in total. The number of hydrogen-bond donors (Lipinski definition) is 1. The van der Waals surface area contributed by atoms with E-state index >= 15 is 0 Å². The fraction of sp³-hybridized carbons (Fsp3) is 0.625. The Balaban J connectivity index is 2.12. The number of thiazole rings is 1. The van der Waals surface area contributed by atoms with E-state index in [-0.39, 0.29) is 0 Å². The fourth-order valence-electron chi connectivity index (χ4n) is 2.51. The van der Waals surface area contributed by atoms with Gasteiger partial charge in [0, 0.05) is 56.1 Å². The zero-order valence-corrected chi connectivity index (χ0v) is 15.4. The molecule has 0 fully saturated rings. The summed E-state index contributed by atoms with van der Waals surface area (Å²) in [6.45, 7) is 9.04. The van der Waals surface area contributed by atoms with E-state index in [2.05, 4.69) is 28.8 Å². The van der Waals surface area contributed by atoms with Crippen molar-refractivity contribution in [3.8, 4) is 0 Å². The molecule has 0 aromatic carbocycles. The number of aliphatic hydroxyl groups excluding tert-OH is 1. The van der Waals surface area contributed by atoms with Gasteiger partial charge in [0.1, 0.15) is 11.1 Å². The van der Waals surface area contributed by atoms with E-state index in [0.29, 0.717) is 6.61 Å². The van der Waals surface area contributed by atoms with Gasteiger partial charge in [-0.15, -0.1) is 11.3 Å².